The summed E-state index contributed by atoms with van der Waals surface area (Å²) < 4.78 is 16.6. The molecule has 1 unspecified atom stereocenters. The Balaban J connectivity index is 1.30. The Kier molecular flexibility index (Phi) is 6.99. The molecule has 2 heterocycles. The first kappa shape index (κ1) is 21.5. The van der Waals surface area contributed by atoms with Crippen molar-refractivity contribution in [2.45, 2.75) is 24.9 Å². The minimum Gasteiger partial charge on any atom is -0.494 e. The molecule has 0 bridgehead atoms. The number of nitrogens with one attached hydrogen (secondary N) is 1. The van der Waals surface area contributed by atoms with Crippen molar-refractivity contribution in [3.05, 3.63) is 53.5 Å². The van der Waals surface area contributed by atoms with Crippen LogP contribution in [-0.4, -0.2) is 36.0 Å². The Morgan fingerprint density at radius 3 is 2.74 bits per heavy atom. The van der Waals surface area contributed by atoms with Crippen LogP contribution in [-0.2, 0) is 10.5 Å². The van der Waals surface area contributed by atoms with Crippen molar-refractivity contribution in [3.8, 4) is 27.8 Å². The molecule has 6 nitrogen and oxygen atoms in total. The van der Waals surface area contributed by atoms with Crippen molar-refractivity contribution in [3.63, 3.8) is 0 Å². The van der Waals surface area contributed by atoms with Gasteiger partial charge in [0, 0.05) is 28.5 Å². The van der Waals surface area contributed by atoms with E-state index in [4.69, 9.17) is 19.2 Å². The highest BCUT2D eigenvalue weighted by molar-refractivity contribution is 7.99. The largest absolute Gasteiger partial charge is 0.494 e. The molecule has 0 fully saturated rings. The van der Waals surface area contributed by atoms with Crippen molar-refractivity contribution in [2.75, 3.05) is 25.1 Å². The number of ether oxygens (including phenoxy) is 3. The number of thioether (sulfide) groups is 1. The first-order valence-corrected chi connectivity index (χ1v) is 12.0. The van der Waals surface area contributed by atoms with Crippen LogP contribution in [0.25, 0.3) is 10.6 Å². The first-order valence-electron chi connectivity index (χ1n) is 10.1. The number of hydrogen-bond acceptors (Lipinski definition) is 7. The van der Waals surface area contributed by atoms with E-state index in [1.165, 1.54) is 0 Å². The second kappa shape index (κ2) is 10.1. The summed E-state index contributed by atoms with van der Waals surface area (Å²) in [4.78, 5) is 17.3. The van der Waals surface area contributed by atoms with Gasteiger partial charge in [0.05, 0.1) is 17.6 Å². The number of nitrogens with zero attached hydrogens (tertiary/aromatic N) is 1. The van der Waals surface area contributed by atoms with E-state index < -0.39 is 0 Å². The van der Waals surface area contributed by atoms with Gasteiger partial charge in [0.15, 0.2) is 11.5 Å². The third-order valence-electron chi connectivity index (χ3n) is 4.62. The molecule has 1 atom stereocenters. The predicted octanol–water partition coefficient (Wildman–Crippen LogP) is 5.24. The predicted molar refractivity (Wildman–Crippen MR) is 126 cm³/mol. The lowest BCUT2D eigenvalue weighted by Crippen LogP contribution is -2.23. The Hall–Kier alpha value is -2.71. The summed E-state index contributed by atoms with van der Waals surface area (Å²) in [5.41, 5.74) is 2.74. The highest BCUT2D eigenvalue weighted by atomic mass is 32.2. The molecular weight excluding hydrogens is 432 g/mol. The number of carbonyl (C=O) groups excluding carboxylic acids is 1. The summed E-state index contributed by atoms with van der Waals surface area (Å²) in [6.07, 6.45) is 0. The number of carbonyl (C=O) groups is 1. The van der Waals surface area contributed by atoms with Gasteiger partial charge in [-0.1, -0.05) is 0 Å². The summed E-state index contributed by atoms with van der Waals surface area (Å²) in [7, 11) is 0. The van der Waals surface area contributed by atoms with Gasteiger partial charge >= 0.3 is 0 Å². The van der Waals surface area contributed by atoms with Gasteiger partial charge in [-0.2, -0.15) is 0 Å². The van der Waals surface area contributed by atoms with Crippen molar-refractivity contribution >= 4 is 34.7 Å². The Bertz CT molecular complexity index is 1040. The molecule has 31 heavy (non-hydrogen) atoms. The van der Waals surface area contributed by atoms with Crippen LogP contribution in [0.4, 0.5) is 5.69 Å². The number of fused-ring (bicyclic) bond motifs is 1. The Labute approximate surface area is 189 Å². The third kappa shape index (κ3) is 5.51. The standard InChI is InChI=1S/C23H24N2O4S2/c1-3-27-19-7-4-16(5-8-19)23-25-18(14-31-23)13-30-15(2)22(26)24-17-6-9-20-21(12-17)29-11-10-28-20/h4-9,12,14-15H,3,10-11,13H2,1-2H3,(H,24,26). The zero-order chi connectivity index (χ0) is 21.6. The fraction of sp³-hybridized carbons (Fsp3) is 0.304. The average Bonchev–Trinajstić information content (AvgIpc) is 3.27. The van der Waals surface area contributed by atoms with Gasteiger partial charge < -0.3 is 19.5 Å². The van der Waals surface area contributed by atoms with E-state index >= 15 is 0 Å². The monoisotopic (exact) mass is 456 g/mol. The molecule has 1 aliphatic rings. The highest BCUT2D eigenvalue weighted by Crippen LogP contribution is 2.33. The zero-order valence-electron chi connectivity index (χ0n) is 17.4. The molecule has 162 valence electrons. The topological polar surface area (TPSA) is 69.7 Å². The van der Waals surface area contributed by atoms with Gasteiger partial charge in [0.2, 0.25) is 5.91 Å². The van der Waals surface area contributed by atoms with Crippen LogP contribution < -0.4 is 19.5 Å². The van der Waals surface area contributed by atoms with E-state index in [1.54, 1.807) is 29.2 Å². The van der Waals surface area contributed by atoms with Gasteiger partial charge in [0.1, 0.15) is 24.0 Å². The first-order chi connectivity index (χ1) is 15.1. The molecule has 1 aliphatic heterocycles. The Morgan fingerprint density at radius 2 is 1.97 bits per heavy atom. The van der Waals surface area contributed by atoms with Gasteiger partial charge in [-0.05, 0) is 50.2 Å². The molecular formula is C23H24N2O4S2. The van der Waals surface area contributed by atoms with Crippen LogP contribution in [0.5, 0.6) is 17.2 Å². The van der Waals surface area contributed by atoms with Crippen LogP contribution in [0.2, 0.25) is 0 Å². The van der Waals surface area contributed by atoms with Crippen LogP contribution >= 0.6 is 23.1 Å². The molecule has 0 aliphatic carbocycles. The van der Waals surface area contributed by atoms with E-state index in [-0.39, 0.29) is 11.2 Å². The zero-order valence-corrected chi connectivity index (χ0v) is 19.1. The van der Waals surface area contributed by atoms with Gasteiger partial charge in [-0.3, -0.25) is 4.79 Å². The molecule has 3 aromatic rings. The number of amides is 1. The van der Waals surface area contributed by atoms with Crippen LogP contribution in [0.15, 0.2) is 47.8 Å². The van der Waals surface area contributed by atoms with Crippen molar-refractivity contribution in [2.24, 2.45) is 0 Å². The van der Waals surface area contributed by atoms with E-state index in [2.05, 4.69) is 5.32 Å². The molecule has 8 heteroatoms. The molecule has 2 aromatic carbocycles. The highest BCUT2D eigenvalue weighted by Gasteiger charge is 2.17. The van der Waals surface area contributed by atoms with E-state index in [9.17, 15) is 4.79 Å². The minimum atomic E-state index is -0.219. The molecule has 0 saturated carbocycles. The Morgan fingerprint density at radius 1 is 1.19 bits per heavy atom. The van der Waals surface area contributed by atoms with Crippen molar-refractivity contribution in [1.82, 2.24) is 4.98 Å². The molecule has 0 saturated heterocycles. The number of anilines is 1. The maximum atomic E-state index is 12.6. The van der Waals surface area contributed by atoms with Crippen LogP contribution in [0, 0.1) is 0 Å². The number of thiazole rings is 1. The van der Waals surface area contributed by atoms with Crippen molar-refractivity contribution in [1.29, 1.82) is 0 Å². The lowest BCUT2D eigenvalue weighted by molar-refractivity contribution is -0.115. The second-order valence-electron chi connectivity index (χ2n) is 6.90. The maximum absolute atomic E-state index is 12.6. The number of hydrogen-bond donors (Lipinski definition) is 1. The third-order valence-corrected chi connectivity index (χ3v) is 6.74. The molecule has 0 spiro atoms. The van der Waals surface area contributed by atoms with E-state index in [0.717, 1.165) is 22.0 Å². The summed E-state index contributed by atoms with van der Waals surface area (Å²) in [5, 5.41) is 5.74. The average molecular weight is 457 g/mol. The summed E-state index contributed by atoms with van der Waals surface area (Å²) in [6.45, 7) is 5.58. The molecule has 1 amide bonds. The van der Waals surface area contributed by atoms with Crippen molar-refractivity contribution < 1.29 is 19.0 Å². The SMILES string of the molecule is CCOc1ccc(-c2nc(CSC(C)C(=O)Nc3ccc4c(c3)OCCO4)cs2)cc1. The fourth-order valence-electron chi connectivity index (χ4n) is 3.02. The fourth-order valence-corrected chi connectivity index (χ4v) is 4.73. The maximum Gasteiger partial charge on any atom is 0.237 e. The smallest absolute Gasteiger partial charge is 0.237 e. The lowest BCUT2D eigenvalue weighted by Gasteiger charge is -2.19. The number of benzene rings is 2. The summed E-state index contributed by atoms with van der Waals surface area (Å²) in [5.74, 6) is 2.84. The molecule has 1 aromatic heterocycles. The van der Waals surface area contributed by atoms with Crippen LogP contribution in [0.1, 0.15) is 19.5 Å². The minimum absolute atomic E-state index is 0.0522. The summed E-state index contributed by atoms with van der Waals surface area (Å²) in [6, 6.07) is 13.4. The summed E-state index contributed by atoms with van der Waals surface area (Å²) >= 11 is 3.17. The van der Waals surface area contributed by atoms with E-state index in [1.807, 2.05) is 55.6 Å². The quantitative estimate of drug-likeness (QED) is 0.500. The number of rotatable bonds is 8. The van der Waals surface area contributed by atoms with E-state index in [0.29, 0.717) is 42.8 Å². The van der Waals surface area contributed by atoms with Gasteiger partial charge in [-0.25, -0.2) is 4.98 Å². The normalized spacial score (nSPS) is 13.5. The lowest BCUT2D eigenvalue weighted by atomic mass is 10.2. The van der Waals surface area contributed by atoms with Gasteiger partial charge in [-0.15, -0.1) is 23.1 Å². The van der Waals surface area contributed by atoms with Crippen LogP contribution in [0.3, 0.4) is 0 Å². The molecule has 4 rings (SSSR count). The molecule has 0 radical (unpaired) electrons. The second-order valence-corrected chi connectivity index (χ2v) is 9.09. The molecule has 1 N–H and O–H groups in total. The number of aromatic nitrogens is 1. The van der Waals surface area contributed by atoms with Gasteiger partial charge in [0.25, 0.3) is 0 Å².